The standard InChI is InChI=1S/C27H28N5O2S/c28-11-6-17-32(27(34)24-10-5-4-9-23(24)21-7-2-1-3-8-21)19-22(20-32)30-13-15-31(16-14-30)26(33)25-29-12-18-35-25/h1-5,7-10,12,18,22H,6,13-17,19-20H2/q+1. The zero-order chi connectivity index (χ0) is 24.3. The quantitative estimate of drug-likeness (QED) is 0.498. The highest BCUT2D eigenvalue weighted by molar-refractivity contribution is 7.11. The first-order chi connectivity index (χ1) is 17.1. The van der Waals surface area contributed by atoms with Gasteiger partial charge in [-0.2, -0.15) is 5.26 Å². The van der Waals surface area contributed by atoms with Crippen LogP contribution >= 0.6 is 11.3 Å². The Morgan fingerprint density at radius 2 is 1.74 bits per heavy atom. The normalized spacial score (nSPS) is 22.3. The first kappa shape index (κ1) is 23.4. The van der Waals surface area contributed by atoms with Gasteiger partial charge in [-0.3, -0.25) is 14.2 Å². The van der Waals surface area contributed by atoms with Gasteiger partial charge in [0.15, 0.2) is 5.01 Å². The van der Waals surface area contributed by atoms with Gasteiger partial charge in [0, 0.05) is 37.8 Å². The van der Waals surface area contributed by atoms with E-state index >= 15 is 0 Å². The van der Waals surface area contributed by atoms with Crippen molar-refractivity contribution in [3.05, 3.63) is 76.7 Å². The number of aromatic nitrogens is 1. The molecule has 0 saturated carbocycles. The fourth-order valence-corrected chi connectivity index (χ4v) is 5.85. The molecule has 3 aromatic rings. The molecule has 8 heteroatoms. The molecule has 0 atom stereocenters. The molecule has 0 radical (unpaired) electrons. The minimum Gasteiger partial charge on any atom is -0.334 e. The first-order valence-electron chi connectivity index (χ1n) is 12.0. The van der Waals surface area contributed by atoms with Crippen LogP contribution in [0, 0.1) is 11.3 Å². The number of quaternary nitrogens is 1. The third-order valence-corrected chi connectivity index (χ3v) is 7.94. The SMILES string of the molecule is N#CCC[N+]1(C(=O)c2ccccc2-c2ccccc2)CC(N2CCN(C(=O)c3nccs3)CC2)C1. The Kier molecular flexibility index (Phi) is 6.73. The van der Waals surface area contributed by atoms with Gasteiger partial charge in [-0.05, 0) is 17.2 Å². The summed E-state index contributed by atoms with van der Waals surface area (Å²) in [6, 6.07) is 20.3. The summed E-state index contributed by atoms with van der Waals surface area (Å²) in [5, 5.41) is 11.6. The van der Waals surface area contributed by atoms with Crippen molar-refractivity contribution in [3.63, 3.8) is 0 Å². The summed E-state index contributed by atoms with van der Waals surface area (Å²) in [5.41, 5.74) is 2.67. The van der Waals surface area contributed by atoms with Crippen molar-refractivity contribution in [1.29, 1.82) is 5.26 Å². The lowest BCUT2D eigenvalue weighted by Gasteiger charge is -2.52. The highest BCUT2D eigenvalue weighted by Crippen LogP contribution is 2.33. The van der Waals surface area contributed by atoms with Gasteiger partial charge in [0.1, 0.15) is 19.1 Å². The van der Waals surface area contributed by atoms with Gasteiger partial charge in [-0.25, -0.2) is 9.78 Å². The van der Waals surface area contributed by atoms with E-state index in [1.807, 2.05) is 64.9 Å². The maximum Gasteiger partial charge on any atom is 0.346 e. The van der Waals surface area contributed by atoms with Crippen LogP contribution in [0.1, 0.15) is 26.6 Å². The molecule has 2 aliphatic heterocycles. The maximum absolute atomic E-state index is 13.9. The second kappa shape index (κ2) is 10.1. The van der Waals surface area contributed by atoms with Crippen LogP contribution in [-0.4, -0.2) is 82.9 Å². The number of benzene rings is 2. The molecule has 1 aromatic heterocycles. The average Bonchev–Trinajstić information content (AvgIpc) is 3.43. The van der Waals surface area contributed by atoms with Gasteiger partial charge in [0.05, 0.1) is 24.6 Å². The van der Waals surface area contributed by atoms with Gasteiger partial charge in [-0.15, -0.1) is 11.3 Å². The summed E-state index contributed by atoms with van der Waals surface area (Å²) in [6.45, 7) is 4.82. The number of carbonyl (C=O) groups is 2. The van der Waals surface area contributed by atoms with E-state index in [1.54, 1.807) is 6.20 Å². The number of amides is 2. The summed E-state index contributed by atoms with van der Waals surface area (Å²) >= 11 is 1.37. The molecule has 7 nitrogen and oxygen atoms in total. The number of carbonyl (C=O) groups excluding carboxylic acids is 2. The predicted molar refractivity (Wildman–Crippen MR) is 135 cm³/mol. The van der Waals surface area contributed by atoms with Crippen molar-refractivity contribution in [2.75, 3.05) is 45.8 Å². The van der Waals surface area contributed by atoms with E-state index in [0.717, 1.165) is 24.2 Å². The second-order valence-electron chi connectivity index (χ2n) is 9.18. The molecule has 0 bridgehead atoms. The molecular formula is C27H28N5O2S+. The topological polar surface area (TPSA) is 77.3 Å². The van der Waals surface area contributed by atoms with Gasteiger partial charge in [0.2, 0.25) is 0 Å². The molecule has 2 saturated heterocycles. The van der Waals surface area contributed by atoms with E-state index in [2.05, 4.69) is 16.0 Å². The van der Waals surface area contributed by atoms with Crippen LogP contribution in [0.15, 0.2) is 66.2 Å². The predicted octanol–water partition coefficient (Wildman–Crippen LogP) is 3.52. The van der Waals surface area contributed by atoms with Crippen molar-refractivity contribution in [2.45, 2.75) is 12.5 Å². The highest BCUT2D eigenvalue weighted by Gasteiger charge is 2.52. The van der Waals surface area contributed by atoms with Crippen LogP contribution in [0.2, 0.25) is 0 Å². The summed E-state index contributed by atoms with van der Waals surface area (Å²) in [4.78, 5) is 35.0. The van der Waals surface area contributed by atoms with E-state index in [0.29, 0.717) is 54.2 Å². The molecule has 2 fully saturated rings. The van der Waals surface area contributed by atoms with Crippen LogP contribution in [0.5, 0.6) is 0 Å². The van der Waals surface area contributed by atoms with Crippen LogP contribution in [0.3, 0.4) is 0 Å². The summed E-state index contributed by atoms with van der Waals surface area (Å²) < 4.78 is 0.306. The third kappa shape index (κ3) is 4.63. The Morgan fingerprint density at radius 1 is 1.03 bits per heavy atom. The van der Waals surface area contributed by atoms with E-state index < -0.39 is 0 Å². The number of nitriles is 1. The smallest absolute Gasteiger partial charge is 0.334 e. The molecule has 0 unspecified atom stereocenters. The molecule has 2 aliphatic rings. The highest BCUT2D eigenvalue weighted by atomic mass is 32.1. The van der Waals surface area contributed by atoms with E-state index in [9.17, 15) is 14.9 Å². The Bertz CT molecular complexity index is 1220. The number of nitrogens with zero attached hydrogens (tertiary/aromatic N) is 5. The van der Waals surface area contributed by atoms with Crippen molar-refractivity contribution >= 4 is 23.2 Å². The zero-order valence-electron chi connectivity index (χ0n) is 19.5. The van der Waals surface area contributed by atoms with Crippen LogP contribution in [0.4, 0.5) is 0 Å². The van der Waals surface area contributed by atoms with Crippen LogP contribution in [-0.2, 0) is 0 Å². The Hall–Kier alpha value is -3.38. The van der Waals surface area contributed by atoms with Crippen molar-refractivity contribution in [2.24, 2.45) is 0 Å². The molecule has 5 rings (SSSR count). The van der Waals surface area contributed by atoms with Gasteiger partial charge >= 0.3 is 5.91 Å². The average molecular weight is 487 g/mol. The largest absolute Gasteiger partial charge is 0.346 e. The molecule has 0 spiro atoms. The number of piperazine rings is 1. The van der Waals surface area contributed by atoms with Crippen LogP contribution < -0.4 is 0 Å². The van der Waals surface area contributed by atoms with Gasteiger partial charge < -0.3 is 4.90 Å². The second-order valence-corrected chi connectivity index (χ2v) is 10.1. The Labute approximate surface area is 209 Å². The lowest BCUT2D eigenvalue weighted by Crippen LogP contribution is -2.74. The van der Waals surface area contributed by atoms with Gasteiger partial charge in [0.25, 0.3) is 5.91 Å². The zero-order valence-corrected chi connectivity index (χ0v) is 20.4. The van der Waals surface area contributed by atoms with Crippen molar-refractivity contribution < 1.29 is 14.1 Å². The number of hydrogen-bond acceptors (Lipinski definition) is 6. The van der Waals surface area contributed by atoms with E-state index in [-0.39, 0.29) is 17.9 Å². The molecule has 35 heavy (non-hydrogen) atoms. The Balaban J connectivity index is 1.29. The maximum atomic E-state index is 13.9. The molecule has 3 heterocycles. The fourth-order valence-electron chi connectivity index (χ4n) is 5.25. The monoisotopic (exact) mass is 486 g/mol. The molecule has 0 aliphatic carbocycles. The summed E-state index contributed by atoms with van der Waals surface area (Å²) in [6.07, 6.45) is 2.01. The van der Waals surface area contributed by atoms with E-state index in [1.165, 1.54) is 11.3 Å². The summed E-state index contributed by atoms with van der Waals surface area (Å²) in [5.74, 6) is 0.0913. The first-order valence-corrected chi connectivity index (χ1v) is 12.8. The fraction of sp³-hybridized carbons (Fsp3) is 0.333. The van der Waals surface area contributed by atoms with Crippen molar-refractivity contribution in [3.8, 4) is 17.2 Å². The minimum atomic E-state index is 0.0000967. The molecule has 0 N–H and O–H groups in total. The summed E-state index contributed by atoms with van der Waals surface area (Å²) in [7, 11) is 0. The number of hydrogen-bond donors (Lipinski definition) is 0. The molecular weight excluding hydrogens is 458 g/mol. The lowest BCUT2D eigenvalue weighted by molar-refractivity contribution is -0.894. The molecule has 2 aromatic carbocycles. The van der Waals surface area contributed by atoms with E-state index in [4.69, 9.17) is 0 Å². The van der Waals surface area contributed by atoms with Crippen LogP contribution in [0.25, 0.3) is 11.1 Å². The van der Waals surface area contributed by atoms with Crippen molar-refractivity contribution in [1.82, 2.24) is 14.8 Å². The number of rotatable bonds is 6. The number of likely N-dealkylation sites (tertiary alicyclic amines) is 1. The third-order valence-electron chi connectivity index (χ3n) is 7.18. The Morgan fingerprint density at radius 3 is 2.43 bits per heavy atom. The minimum absolute atomic E-state index is 0.0000967. The number of thiazole rings is 1. The van der Waals surface area contributed by atoms with Gasteiger partial charge in [-0.1, -0.05) is 48.5 Å². The molecule has 2 amide bonds. The lowest BCUT2D eigenvalue weighted by atomic mass is 9.93. The molecule has 178 valence electrons.